The highest BCUT2D eigenvalue weighted by Crippen LogP contribution is 2.14. The number of hydrogen-bond donors (Lipinski definition) is 1. The molecule has 3 aromatic rings. The van der Waals surface area contributed by atoms with Crippen LogP contribution in [0.3, 0.4) is 0 Å². The lowest BCUT2D eigenvalue weighted by Crippen LogP contribution is -1.93. The highest BCUT2D eigenvalue weighted by Gasteiger charge is 2.04. The Kier molecular flexibility index (Phi) is 3.33. The predicted octanol–water partition coefficient (Wildman–Crippen LogP) is 3.47. The molecule has 0 aliphatic carbocycles. The normalized spacial score (nSPS) is 10.8. The van der Waals surface area contributed by atoms with Gasteiger partial charge in [0.2, 0.25) is 0 Å². The number of hydrogen-bond acceptors (Lipinski definition) is 2. The predicted molar refractivity (Wildman–Crippen MR) is 80.1 cm³/mol. The van der Waals surface area contributed by atoms with Gasteiger partial charge in [0.25, 0.3) is 0 Å². The summed E-state index contributed by atoms with van der Waals surface area (Å²) in [6.07, 6.45) is 2.68. The van der Waals surface area contributed by atoms with Crippen LogP contribution in [-0.2, 0) is 12.8 Å². The van der Waals surface area contributed by atoms with Crippen LogP contribution in [0.15, 0.2) is 42.5 Å². The number of imidazole rings is 1. The zero-order chi connectivity index (χ0) is 13.9. The molecule has 0 saturated heterocycles. The largest absolute Gasteiger partial charge is 0.342 e. The minimum atomic E-state index is 0.673. The molecule has 100 valence electrons. The van der Waals surface area contributed by atoms with Crippen molar-refractivity contribution in [3.63, 3.8) is 0 Å². The van der Waals surface area contributed by atoms with Gasteiger partial charge in [-0.2, -0.15) is 0 Å². The van der Waals surface area contributed by atoms with E-state index in [0.717, 1.165) is 36.0 Å². The summed E-state index contributed by atoms with van der Waals surface area (Å²) in [4.78, 5) is 18.6. The summed E-state index contributed by atoms with van der Waals surface area (Å²) in [5.41, 5.74) is 5.11. The maximum atomic E-state index is 10.8. The van der Waals surface area contributed by atoms with E-state index in [9.17, 15) is 4.79 Å². The molecule has 0 atom stereocenters. The molecule has 3 rings (SSSR count). The molecule has 20 heavy (non-hydrogen) atoms. The van der Waals surface area contributed by atoms with Crippen molar-refractivity contribution in [2.45, 2.75) is 19.8 Å². The number of aryl methyl sites for hydroxylation is 3. The van der Waals surface area contributed by atoms with Crippen LogP contribution in [0.25, 0.3) is 11.0 Å². The zero-order valence-corrected chi connectivity index (χ0v) is 11.4. The van der Waals surface area contributed by atoms with E-state index >= 15 is 0 Å². The average molecular weight is 264 g/mol. The molecule has 0 unspecified atom stereocenters. The van der Waals surface area contributed by atoms with Crippen molar-refractivity contribution < 1.29 is 4.79 Å². The number of nitrogens with zero attached hydrogens (tertiary/aromatic N) is 1. The number of aromatic amines is 1. The first kappa shape index (κ1) is 12.6. The molecule has 1 aromatic heterocycles. The van der Waals surface area contributed by atoms with Crippen LogP contribution < -0.4 is 0 Å². The summed E-state index contributed by atoms with van der Waals surface area (Å²) in [7, 11) is 0. The molecule has 0 spiro atoms. The third-order valence-corrected chi connectivity index (χ3v) is 3.42. The second kappa shape index (κ2) is 5.29. The Labute approximate surface area is 117 Å². The highest BCUT2D eigenvalue weighted by atomic mass is 16.1. The third-order valence-electron chi connectivity index (χ3n) is 3.42. The standard InChI is InChI=1S/C17H16N2O/c1-12-3-2-4-13(9-12)6-8-17-18-15-7-5-14(11-20)10-16(15)19-17/h2-5,7,9-11H,6,8H2,1H3,(H,18,19). The van der Waals surface area contributed by atoms with Gasteiger partial charge in [0.15, 0.2) is 0 Å². The van der Waals surface area contributed by atoms with Crippen molar-refractivity contribution in [2.24, 2.45) is 0 Å². The van der Waals surface area contributed by atoms with Crippen molar-refractivity contribution in [2.75, 3.05) is 0 Å². The molecule has 1 N–H and O–H groups in total. The molecule has 0 bridgehead atoms. The molecular formula is C17H16N2O. The smallest absolute Gasteiger partial charge is 0.150 e. The van der Waals surface area contributed by atoms with Gasteiger partial charge in [-0.25, -0.2) is 4.98 Å². The lowest BCUT2D eigenvalue weighted by atomic mass is 10.1. The van der Waals surface area contributed by atoms with E-state index in [-0.39, 0.29) is 0 Å². The number of aldehydes is 1. The van der Waals surface area contributed by atoms with Crippen molar-refractivity contribution in [1.29, 1.82) is 0 Å². The van der Waals surface area contributed by atoms with Gasteiger partial charge in [-0.3, -0.25) is 4.79 Å². The van der Waals surface area contributed by atoms with Gasteiger partial charge in [-0.1, -0.05) is 29.8 Å². The number of fused-ring (bicyclic) bond motifs is 1. The van der Waals surface area contributed by atoms with E-state index in [4.69, 9.17) is 0 Å². The van der Waals surface area contributed by atoms with Gasteiger partial charge in [0, 0.05) is 12.0 Å². The molecule has 0 radical (unpaired) electrons. The SMILES string of the molecule is Cc1cccc(CCc2nc3ccc(C=O)cc3[nH]2)c1. The number of nitrogens with one attached hydrogen (secondary N) is 1. The molecule has 1 heterocycles. The van der Waals surface area contributed by atoms with E-state index in [1.165, 1.54) is 11.1 Å². The fourth-order valence-electron chi connectivity index (χ4n) is 2.40. The molecule has 3 nitrogen and oxygen atoms in total. The summed E-state index contributed by atoms with van der Waals surface area (Å²) >= 11 is 0. The van der Waals surface area contributed by atoms with Crippen LogP contribution in [0.2, 0.25) is 0 Å². The van der Waals surface area contributed by atoms with Gasteiger partial charge in [-0.05, 0) is 37.1 Å². The number of carbonyl (C=O) groups excluding carboxylic acids is 1. The van der Waals surface area contributed by atoms with E-state index in [2.05, 4.69) is 41.2 Å². The lowest BCUT2D eigenvalue weighted by molar-refractivity contribution is 0.112. The summed E-state index contributed by atoms with van der Waals surface area (Å²) < 4.78 is 0. The fourth-order valence-corrected chi connectivity index (χ4v) is 2.40. The van der Waals surface area contributed by atoms with Crippen molar-refractivity contribution in [1.82, 2.24) is 9.97 Å². The second-order valence-corrected chi connectivity index (χ2v) is 5.07. The molecule has 0 aliphatic heterocycles. The molecular weight excluding hydrogens is 248 g/mol. The number of aromatic nitrogens is 2. The van der Waals surface area contributed by atoms with Gasteiger partial charge in [-0.15, -0.1) is 0 Å². The van der Waals surface area contributed by atoms with Crippen LogP contribution in [0.4, 0.5) is 0 Å². The van der Waals surface area contributed by atoms with E-state index in [1.807, 2.05) is 12.1 Å². The summed E-state index contributed by atoms with van der Waals surface area (Å²) in [5, 5.41) is 0. The van der Waals surface area contributed by atoms with Crippen molar-refractivity contribution in [3.8, 4) is 0 Å². The zero-order valence-electron chi connectivity index (χ0n) is 11.4. The Balaban J connectivity index is 1.79. The van der Waals surface area contributed by atoms with E-state index in [0.29, 0.717) is 5.56 Å². The topological polar surface area (TPSA) is 45.8 Å². The molecule has 0 fully saturated rings. The average Bonchev–Trinajstić information content (AvgIpc) is 2.87. The van der Waals surface area contributed by atoms with Gasteiger partial charge < -0.3 is 4.98 Å². The first-order chi connectivity index (χ1) is 9.74. The first-order valence-electron chi connectivity index (χ1n) is 6.74. The van der Waals surface area contributed by atoms with Crippen molar-refractivity contribution in [3.05, 3.63) is 65.0 Å². The maximum absolute atomic E-state index is 10.8. The molecule has 2 aromatic carbocycles. The minimum absolute atomic E-state index is 0.673. The number of benzene rings is 2. The number of H-pyrrole nitrogens is 1. The van der Waals surface area contributed by atoms with Gasteiger partial charge in [0.1, 0.15) is 12.1 Å². The molecule has 0 aliphatic rings. The lowest BCUT2D eigenvalue weighted by Gasteiger charge is -2.00. The van der Waals surface area contributed by atoms with Crippen molar-refractivity contribution >= 4 is 17.3 Å². The van der Waals surface area contributed by atoms with Crippen LogP contribution in [0.1, 0.15) is 27.3 Å². The fraction of sp³-hybridized carbons (Fsp3) is 0.176. The molecule has 3 heteroatoms. The Hall–Kier alpha value is -2.42. The highest BCUT2D eigenvalue weighted by molar-refractivity contribution is 5.84. The van der Waals surface area contributed by atoms with E-state index in [1.54, 1.807) is 6.07 Å². The number of carbonyl (C=O) groups is 1. The Morgan fingerprint density at radius 1 is 1.15 bits per heavy atom. The minimum Gasteiger partial charge on any atom is -0.342 e. The van der Waals surface area contributed by atoms with Crippen LogP contribution in [0, 0.1) is 6.92 Å². The quantitative estimate of drug-likeness (QED) is 0.733. The van der Waals surface area contributed by atoms with Gasteiger partial charge >= 0.3 is 0 Å². The second-order valence-electron chi connectivity index (χ2n) is 5.07. The summed E-state index contributed by atoms with van der Waals surface area (Å²) in [5.74, 6) is 0.963. The Bertz CT molecular complexity index is 759. The number of rotatable bonds is 4. The van der Waals surface area contributed by atoms with E-state index < -0.39 is 0 Å². The van der Waals surface area contributed by atoms with Crippen LogP contribution in [-0.4, -0.2) is 16.3 Å². The summed E-state index contributed by atoms with van der Waals surface area (Å²) in [6.45, 7) is 2.10. The third kappa shape index (κ3) is 2.62. The monoisotopic (exact) mass is 264 g/mol. The Morgan fingerprint density at radius 2 is 2.05 bits per heavy atom. The molecule has 0 amide bonds. The van der Waals surface area contributed by atoms with Gasteiger partial charge in [0.05, 0.1) is 11.0 Å². The first-order valence-corrected chi connectivity index (χ1v) is 6.74. The molecule has 0 saturated carbocycles. The van der Waals surface area contributed by atoms with Crippen LogP contribution in [0.5, 0.6) is 0 Å². The maximum Gasteiger partial charge on any atom is 0.150 e. The van der Waals surface area contributed by atoms with Crippen LogP contribution >= 0.6 is 0 Å². The summed E-state index contributed by atoms with van der Waals surface area (Å²) in [6, 6.07) is 14.0. The Morgan fingerprint density at radius 3 is 2.85 bits per heavy atom.